The molecule has 2 amide bonds. The Bertz CT molecular complexity index is 838. The van der Waals surface area contributed by atoms with Crippen molar-refractivity contribution in [1.82, 2.24) is 14.9 Å². The topological polar surface area (TPSA) is 95.6 Å². The van der Waals surface area contributed by atoms with Gasteiger partial charge >= 0.3 is 0 Å². The molecule has 1 aliphatic carbocycles. The molecule has 9 heteroatoms. The highest BCUT2D eigenvalue weighted by Gasteiger charge is 2.41. The van der Waals surface area contributed by atoms with E-state index in [-0.39, 0.29) is 22.1 Å². The fraction of sp³-hybridized carbons (Fsp3) is 0.684. The van der Waals surface area contributed by atoms with Gasteiger partial charge in [-0.1, -0.05) is 20.8 Å². The minimum Gasteiger partial charge on any atom is -0.355 e. The lowest BCUT2D eigenvalue weighted by Gasteiger charge is -2.22. The molecule has 1 saturated heterocycles. The summed E-state index contributed by atoms with van der Waals surface area (Å²) in [6, 6.07) is 3.00. The molecule has 1 aromatic heterocycles. The van der Waals surface area contributed by atoms with Crippen LogP contribution in [0.4, 0.5) is 0 Å². The summed E-state index contributed by atoms with van der Waals surface area (Å²) in [4.78, 5) is 25.2. The van der Waals surface area contributed by atoms with Crippen molar-refractivity contribution in [3.05, 3.63) is 17.0 Å². The minimum absolute atomic E-state index is 0.0292. The number of nitrogens with one attached hydrogen (secondary N) is 2. The van der Waals surface area contributed by atoms with Crippen LogP contribution in [0.1, 0.15) is 51.3 Å². The molecule has 1 aromatic rings. The first-order valence-electron chi connectivity index (χ1n) is 9.78. The first-order valence-corrected chi connectivity index (χ1v) is 12.0. The van der Waals surface area contributed by atoms with Crippen molar-refractivity contribution in [2.45, 2.75) is 69.2 Å². The third kappa shape index (κ3) is 4.93. The van der Waals surface area contributed by atoms with Crippen LogP contribution in [0.15, 0.2) is 16.3 Å². The van der Waals surface area contributed by atoms with Crippen LogP contribution in [-0.4, -0.2) is 49.7 Å². The molecular formula is C19H29N3O4S2. The van der Waals surface area contributed by atoms with E-state index in [1.54, 1.807) is 12.1 Å². The maximum Gasteiger partial charge on any atom is 0.253 e. The van der Waals surface area contributed by atoms with Crippen LogP contribution < -0.4 is 10.6 Å². The third-order valence-electron chi connectivity index (χ3n) is 4.97. The van der Waals surface area contributed by atoms with Crippen LogP contribution in [0, 0.1) is 5.41 Å². The molecular weight excluding hydrogens is 398 g/mol. The van der Waals surface area contributed by atoms with E-state index in [4.69, 9.17) is 0 Å². The van der Waals surface area contributed by atoms with Gasteiger partial charge in [-0.25, -0.2) is 8.42 Å². The number of carbonyl (C=O) groups is 2. The van der Waals surface area contributed by atoms with E-state index in [9.17, 15) is 18.0 Å². The number of nitrogens with zero attached hydrogens (tertiary/aromatic N) is 1. The lowest BCUT2D eigenvalue weighted by molar-refractivity contribution is -0.128. The predicted molar refractivity (Wildman–Crippen MR) is 109 cm³/mol. The van der Waals surface area contributed by atoms with E-state index < -0.39 is 21.5 Å². The zero-order valence-electron chi connectivity index (χ0n) is 16.7. The third-order valence-corrected chi connectivity index (χ3v) is 8.49. The minimum atomic E-state index is -3.69. The lowest BCUT2D eigenvalue weighted by Crippen LogP contribution is -2.46. The number of sulfonamides is 1. The van der Waals surface area contributed by atoms with Gasteiger partial charge in [-0.2, -0.15) is 4.31 Å². The molecule has 1 atom stereocenters. The molecule has 2 N–H and O–H groups in total. The average Bonchev–Trinajstić information content (AvgIpc) is 3.11. The van der Waals surface area contributed by atoms with Gasteiger partial charge in [-0.05, 0) is 44.2 Å². The summed E-state index contributed by atoms with van der Waals surface area (Å²) < 4.78 is 27.7. The van der Waals surface area contributed by atoms with E-state index in [1.165, 1.54) is 15.6 Å². The molecule has 0 spiro atoms. The van der Waals surface area contributed by atoms with Crippen LogP contribution in [0.25, 0.3) is 0 Å². The Balaban J connectivity index is 1.62. The Morgan fingerprint density at radius 1 is 1.21 bits per heavy atom. The zero-order valence-corrected chi connectivity index (χ0v) is 18.3. The molecule has 0 bridgehead atoms. The SMILES string of the molecule is CC(C)(C)C(=O)NCCc1ccc(S(=O)(=O)N2CCC[C@H]2C(=O)NC2CC2)s1. The number of hydrogen-bond donors (Lipinski definition) is 2. The largest absolute Gasteiger partial charge is 0.355 e. The first-order chi connectivity index (χ1) is 13.1. The van der Waals surface area contributed by atoms with Crippen molar-refractivity contribution in [3.63, 3.8) is 0 Å². The van der Waals surface area contributed by atoms with Crippen molar-refractivity contribution in [1.29, 1.82) is 0 Å². The van der Waals surface area contributed by atoms with Gasteiger partial charge < -0.3 is 10.6 Å². The normalized spacial score (nSPS) is 20.9. The van der Waals surface area contributed by atoms with E-state index in [0.717, 1.165) is 17.7 Å². The Kier molecular flexibility index (Phi) is 6.17. The van der Waals surface area contributed by atoms with Crippen LogP contribution >= 0.6 is 11.3 Å². The fourth-order valence-electron chi connectivity index (χ4n) is 3.13. The molecule has 7 nitrogen and oxygen atoms in total. The van der Waals surface area contributed by atoms with Gasteiger partial charge in [-0.3, -0.25) is 9.59 Å². The van der Waals surface area contributed by atoms with E-state index in [0.29, 0.717) is 32.4 Å². The molecule has 3 rings (SSSR count). The maximum atomic E-state index is 13.1. The van der Waals surface area contributed by atoms with Gasteiger partial charge in [0, 0.05) is 29.4 Å². The van der Waals surface area contributed by atoms with E-state index in [2.05, 4.69) is 10.6 Å². The number of rotatable bonds is 7. The summed E-state index contributed by atoms with van der Waals surface area (Å²) in [5, 5.41) is 5.80. The highest BCUT2D eigenvalue weighted by atomic mass is 32.2. The van der Waals surface area contributed by atoms with Crippen molar-refractivity contribution in [2.75, 3.05) is 13.1 Å². The zero-order chi connectivity index (χ0) is 20.5. The van der Waals surface area contributed by atoms with Crippen LogP contribution in [0.2, 0.25) is 0 Å². The standard InChI is InChI=1S/C19H29N3O4S2/c1-19(2,3)18(24)20-11-10-14-8-9-16(27-14)28(25,26)22-12-4-5-15(22)17(23)21-13-6-7-13/h8-9,13,15H,4-7,10-12H2,1-3H3,(H,20,24)(H,21,23)/t15-/m0/s1. The van der Waals surface area contributed by atoms with E-state index in [1.807, 2.05) is 20.8 Å². The van der Waals surface area contributed by atoms with Crippen LogP contribution in [0.3, 0.4) is 0 Å². The van der Waals surface area contributed by atoms with Crippen molar-refractivity contribution >= 4 is 33.2 Å². The highest BCUT2D eigenvalue weighted by Crippen LogP contribution is 2.31. The Morgan fingerprint density at radius 2 is 1.93 bits per heavy atom. The molecule has 1 aliphatic heterocycles. The van der Waals surface area contributed by atoms with Crippen molar-refractivity contribution < 1.29 is 18.0 Å². The average molecular weight is 428 g/mol. The number of thiophene rings is 1. The molecule has 2 fully saturated rings. The smallest absolute Gasteiger partial charge is 0.253 e. The second-order valence-electron chi connectivity index (χ2n) is 8.53. The summed E-state index contributed by atoms with van der Waals surface area (Å²) in [7, 11) is -3.69. The maximum absolute atomic E-state index is 13.1. The van der Waals surface area contributed by atoms with Crippen molar-refractivity contribution in [3.8, 4) is 0 Å². The molecule has 28 heavy (non-hydrogen) atoms. The molecule has 1 saturated carbocycles. The summed E-state index contributed by atoms with van der Waals surface area (Å²) in [6.45, 7) is 6.39. The van der Waals surface area contributed by atoms with Crippen molar-refractivity contribution in [2.24, 2.45) is 5.41 Å². The Hall–Kier alpha value is -1.45. The molecule has 0 unspecified atom stereocenters. The Labute approximate surface area is 170 Å². The summed E-state index contributed by atoms with van der Waals surface area (Å²) >= 11 is 1.21. The number of hydrogen-bond acceptors (Lipinski definition) is 5. The molecule has 2 heterocycles. The van der Waals surface area contributed by atoms with Gasteiger partial charge in [-0.15, -0.1) is 11.3 Å². The van der Waals surface area contributed by atoms with Gasteiger partial charge in [0.15, 0.2) is 0 Å². The molecule has 0 aromatic carbocycles. The summed E-state index contributed by atoms with van der Waals surface area (Å²) in [6.07, 6.45) is 3.79. The monoisotopic (exact) mass is 427 g/mol. The summed E-state index contributed by atoms with van der Waals surface area (Å²) in [5.41, 5.74) is -0.449. The number of amides is 2. The second kappa shape index (κ2) is 8.12. The lowest BCUT2D eigenvalue weighted by atomic mass is 9.96. The highest BCUT2D eigenvalue weighted by molar-refractivity contribution is 7.91. The van der Waals surface area contributed by atoms with Crippen LogP contribution in [-0.2, 0) is 26.0 Å². The second-order valence-corrected chi connectivity index (χ2v) is 11.8. The van der Waals surface area contributed by atoms with Gasteiger partial charge in [0.05, 0.1) is 0 Å². The van der Waals surface area contributed by atoms with Gasteiger partial charge in [0.25, 0.3) is 10.0 Å². The van der Waals surface area contributed by atoms with Gasteiger partial charge in [0.1, 0.15) is 10.3 Å². The van der Waals surface area contributed by atoms with Gasteiger partial charge in [0.2, 0.25) is 11.8 Å². The summed E-state index contributed by atoms with van der Waals surface area (Å²) in [5.74, 6) is -0.205. The number of carbonyl (C=O) groups excluding carboxylic acids is 2. The fourth-order valence-corrected chi connectivity index (χ4v) is 6.27. The van der Waals surface area contributed by atoms with E-state index >= 15 is 0 Å². The predicted octanol–water partition coefficient (Wildman–Crippen LogP) is 1.88. The first kappa shape index (κ1) is 21.3. The quantitative estimate of drug-likeness (QED) is 0.695. The molecule has 2 aliphatic rings. The molecule has 0 radical (unpaired) electrons. The van der Waals surface area contributed by atoms with Crippen LogP contribution in [0.5, 0.6) is 0 Å². The Morgan fingerprint density at radius 3 is 2.57 bits per heavy atom. The molecule has 156 valence electrons.